The molecular weight excluding hydrogens is 210 g/mol. The van der Waals surface area contributed by atoms with Crippen LogP contribution in [-0.4, -0.2) is 15.8 Å². The molecule has 1 rings (SSSR count). The maximum Gasteiger partial charge on any atom is 0.285 e. The minimum atomic E-state index is -0.762. The Morgan fingerprint density at radius 3 is 2.57 bits per heavy atom. The highest BCUT2D eigenvalue weighted by Gasteiger charge is 2.22. The normalized spacial score (nSPS) is 9.86. The van der Waals surface area contributed by atoms with Gasteiger partial charge in [0.05, 0.1) is 9.95 Å². The molecular formula is C8H6ClNO4. The smallest absolute Gasteiger partial charge is 0.285 e. The maximum atomic E-state index is 11.0. The SMILES string of the molecule is CC(=O)c1c(O)cc(Cl)cc1[N+](=O)[O-]. The van der Waals surface area contributed by atoms with Gasteiger partial charge in [-0.1, -0.05) is 11.6 Å². The molecule has 0 fully saturated rings. The molecule has 0 aliphatic rings. The highest BCUT2D eigenvalue weighted by molar-refractivity contribution is 6.31. The lowest BCUT2D eigenvalue weighted by molar-refractivity contribution is -0.385. The standard InChI is InChI=1S/C8H6ClNO4/c1-4(11)8-6(10(13)14)2-5(9)3-7(8)12/h2-3,12H,1H3. The van der Waals surface area contributed by atoms with Crippen molar-refractivity contribution < 1.29 is 14.8 Å². The zero-order valence-corrected chi connectivity index (χ0v) is 7.91. The first kappa shape index (κ1) is 10.5. The van der Waals surface area contributed by atoms with Crippen LogP contribution in [0.15, 0.2) is 12.1 Å². The third kappa shape index (κ3) is 1.82. The van der Waals surface area contributed by atoms with Crippen LogP contribution in [0.3, 0.4) is 0 Å². The predicted molar refractivity (Wildman–Crippen MR) is 49.8 cm³/mol. The van der Waals surface area contributed by atoms with Crippen LogP contribution in [0.25, 0.3) is 0 Å². The second-order valence-electron chi connectivity index (χ2n) is 2.63. The fourth-order valence-corrected chi connectivity index (χ4v) is 1.29. The number of carbonyl (C=O) groups excluding carboxylic acids is 1. The van der Waals surface area contributed by atoms with E-state index in [-0.39, 0.29) is 10.6 Å². The van der Waals surface area contributed by atoms with Crippen LogP contribution in [0, 0.1) is 10.1 Å². The summed E-state index contributed by atoms with van der Waals surface area (Å²) >= 11 is 5.50. The highest BCUT2D eigenvalue weighted by Crippen LogP contribution is 2.31. The lowest BCUT2D eigenvalue weighted by Gasteiger charge is -2.02. The number of rotatable bonds is 2. The van der Waals surface area contributed by atoms with E-state index in [1.54, 1.807) is 0 Å². The van der Waals surface area contributed by atoms with E-state index in [1.165, 1.54) is 0 Å². The highest BCUT2D eigenvalue weighted by atomic mass is 35.5. The van der Waals surface area contributed by atoms with Crippen molar-refractivity contribution in [1.82, 2.24) is 0 Å². The summed E-state index contributed by atoms with van der Waals surface area (Å²) in [6, 6.07) is 2.11. The monoisotopic (exact) mass is 215 g/mol. The third-order valence-electron chi connectivity index (χ3n) is 1.61. The summed E-state index contributed by atoms with van der Waals surface area (Å²) in [4.78, 5) is 20.7. The molecule has 0 saturated heterocycles. The van der Waals surface area contributed by atoms with E-state index in [9.17, 15) is 20.0 Å². The van der Waals surface area contributed by atoms with Crippen LogP contribution in [-0.2, 0) is 0 Å². The van der Waals surface area contributed by atoms with Gasteiger partial charge in [0.2, 0.25) is 0 Å². The predicted octanol–water partition coefficient (Wildman–Crippen LogP) is 2.16. The van der Waals surface area contributed by atoms with Crippen molar-refractivity contribution in [3.05, 3.63) is 32.8 Å². The molecule has 0 aromatic heterocycles. The number of halogens is 1. The molecule has 1 N–H and O–H groups in total. The van der Waals surface area contributed by atoms with E-state index in [0.717, 1.165) is 19.1 Å². The second-order valence-corrected chi connectivity index (χ2v) is 3.07. The summed E-state index contributed by atoms with van der Waals surface area (Å²) in [5, 5.41) is 19.8. The lowest BCUT2D eigenvalue weighted by atomic mass is 10.1. The first-order valence-corrected chi connectivity index (χ1v) is 3.99. The van der Waals surface area contributed by atoms with E-state index in [1.807, 2.05) is 0 Å². The molecule has 6 heteroatoms. The molecule has 1 aromatic carbocycles. The van der Waals surface area contributed by atoms with Crippen molar-refractivity contribution >= 4 is 23.1 Å². The first-order valence-electron chi connectivity index (χ1n) is 3.61. The average molecular weight is 216 g/mol. The Morgan fingerprint density at radius 1 is 1.57 bits per heavy atom. The van der Waals surface area contributed by atoms with Gasteiger partial charge in [-0.15, -0.1) is 0 Å². The van der Waals surface area contributed by atoms with Crippen molar-refractivity contribution in [2.24, 2.45) is 0 Å². The third-order valence-corrected chi connectivity index (χ3v) is 1.83. The number of nitro benzene ring substituents is 1. The van der Waals surface area contributed by atoms with Crippen molar-refractivity contribution in [3.63, 3.8) is 0 Å². The van der Waals surface area contributed by atoms with Crippen LogP contribution < -0.4 is 0 Å². The topological polar surface area (TPSA) is 80.4 Å². The lowest BCUT2D eigenvalue weighted by Crippen LogP contribution is -2.00. The van der Waals surface area contributed by atoms with E-state index in [4.69, 9.17) is 11.6 Å². The molecule has 0 bridgehead atoms. The van der Waals surface area contributed by atoms with Crippen molar-refractivity contribution in [2.75, 3.05) is 0 Å². The number of nitrogens with zero attached hydrogens (tertiary/aromatic N) is 1. The second kappa shape index (κ2) is 3.63. The van der Waals surface area contributed by atoms with Crippen LogP contribution in [0.1, 0.15) is 17.3 Å². The Hall–Kier alpha value is -1.62. The molecule has 0 radical (unpaired) electrons. The number of benzene rings is 1. The number of hydrogen-bond donors (Lipinski definition) is 1. The Bertz CT molecular complexity index is 416. The summed E-state index contributed by atoms with van der Waals surface area (Å²) in [5.41, 5.74) is -0.804. The van der Waals surface area contributed by atoms with Crippen molar-refractivity contribution in [3.8, 4) is 5.75 Å². The Labute approximate surface area is 84.1 Å². The molecule has 1 aromatic rings. The van der Waals surface area contributed by atoms with Gasteiger partial charge >= 0.3 is 0 Å². The minimum absolute atomic E-state index is 0.0131. The summed E-state index contributed by atoms with van der Waals surface area (Å²) in [5.74, 6) is -1.05. The van der Waals surface area contributed by atoms with Crippen molar-refractivity contribution in [2.45, 2.75) is 6.92 Å². The molecule has 0 heterocycles. The molecule has 0 atom stereocenters. The number of phenolic OH excluding ortho intramolecular Hbond substituents is 1. The number of ketones is 1. The maximum absolute atomic E-state index is 11.0. The Balaban J connectivity index is 3.52. The Kier molecular flexibility index (Phi) is 2.71. The molecule has 0 aliphatic carbocycles. The summed E-state index contributed by atoms with van der Waals surface area (Å²) in [6.07, 6.45) is 0. The molecule has 14 heavy (non-hydrogen) atoms. The largest absolute Gasteiger partial charge is 0.507 e. The van der Waals surface area contributed by atoms with E-state index >= 15 is 0 Å². The van der Waals surface area contributed by atoms with Gasteiger partial charge in [0.25, 0.3) is 5.69 Å². The molecule has 0 spiro atoms. The van der Waals surface area contributed by atoms with Gasteiger partial charge < -0.3 is 5.11 Å². The zero-order chi connectivity index (χ0) is 10.9. The molecule has 0 amide bonds. The zero-order valence-electron chi connectivity index (χ0n) is 7.15. The quantitative estimate of drug-likeness (QED) is 0.466. The van der Waals surface area contributed by atoms with Gasteiger partial charge in [-0.05, 0) is 13.0 Å². The van der Waals surface area contributed by atoms with Gasteiger partial charge in [-0.3, -0.25) is 14.9 Å². The fourth-order valence-electron chi connectivity index (χ4n) is 1.08. The van der Waals surface area contributed by atoms with Gasteiger partial charge in [0, 0.05) is 6.07 Å². The number of nitro groups is 1. The van der Waals surface area contributed by atoms with Crippen LogP contribution >= 0.6 is 11.6 Å². The number of Topliss-reactive ketones (excluding diaryl/α,β-unsaturated/α-hetero) is 1. The summed E-state index contributed by atoms with van der Waals surface area (Å²) in [7, 11) is 0. The number of carbonyl (C=O) groups is 1. The minimum Gasteiger partial charge on any atom is -0.507 e. The average Bonchev–Trinajstić information content (AvgIpc) is 2.01. The number of phenols is 1. The molecule has 0 unspecified atom stereocenters. The van der Waals surface area contributed by atoms with Crippen LogP contribution in [0.2, 0.25) is 5.02 Å². The van der Waals surface area contributed by atoms with Gasteiger partial charge in [0.1, 0.15) is 11.3 Å². The van der Waals surface area contributed by atoms with E-state index in [2.05, 4.69) is 0 Å². The van der Waals surface area contributed by atoms with Gasteiger partial charge in [-0.25, -0.2) is 0 Å². The van der Waals surface area contributed by atoms with Gasteiger partial charge in [-0.2, -0.15) is 0 Å². The fraction of sp³-hybridized carbons (Fsp3) is 0.125. The molecule has 5 nitrogen and oxygen atoms in total. The van der Waals surface area contributed by atoms with Crippen LogP contribution in [0.5, 0.6) is 5.75 Å². The Morgan fingerprint density at radius 2 is 2.14 bits per heavy atom. The molecule has 74 valence electrons. The first-order chi connectivity index (χ1) is 6.43. The summed E-state index contributed by atoms with van der Waals surface area (Å²) in [6.45, 7) is 1.13. The van der Waals surface area contributed by atoms with Gasteiger partial charge in [0.15, 0.2) is 5.78 Å². The molecule has 0 aliphatic heterocycles. The number of hydrogen-bond acceptors (Lipinski definition) is 4. The molecule has 0 saturated carbocycles. The van der Waals surface area contributed by atoms with E-state index in [0.29, 0.717) is 0 Å². The van der Waals surface area contributed by atoms with Crippen LogP contribution in [0.4, 0.5) is 5.69 Å². The van der Waals surface area contributed by atoms with E-state index < -0.39 is 22.1 Å². The van der Waals surface area contributed by atoms with Crippen molar-refractivity contribution in [1.29, 1.82) is 0 Å². The summed E-state index contributed by atoms with van der Waals surface area (Å²) < 4.78 is 0. The number of aromatic hydroxyl groups is 1.